The highest BCUT2D eigenvalue weighted by Crippen LogP contribution is 2.28. The summed E-state index contributed by atoms with van der Waals surface area (Å²) in [6.45, 7) is 0.123. The van der Waals surface area contributed by atoms with Gasteiger partial charge < -0.3 is 10.1 Å². The molecule has 7 heteroatoms. The first-order valence-electron chi connectivity index (χ1n) is 7.92. The lowest BCUT2D eigenvalue weighted by Crippen LogP contribution is -2.37. The second-order valence-electron chi connectivity index (χ2n) is 6.03. The van der Waals surface area contributed by atoms with Gasteiger partial charge in [0.15, 0.2) is 6.10 Å². The van der Waals surface area contributed by atoms with Crippen LogP contribution in [0, 0.1) is 0 Å². The largest absolute Gasteiger partial charge is 0.480 e. The number of hydrogen-bond donors (Lipinski definition) is 1. The predicted molar refractivity (Wildman–Crippen MR) is 93.7 cm³/mol. The Hall–Kier alpha value is -2.38. The van der Waals surface area contributed by atoms with Gasteiger partial charge >= 0.3 is 0 Å². The number of carbonyl (C=O) groups is 1. The summed E-state index contributed by atoms with van der Waals surface area (Å²) in [5, 5.41) is 2.78. The first-order valence-corrected chi connectivity index (χ1v) is 9.36. The average Bonchev–Trinajstić information content (AvgIpc) is 3.04. The Kier molecular flexibility index (Phi) is 4.78. The number of nitrogens with one attached hydrogen (secondary N) is 1. The van der Waals surface area contributed by atoms with Gasteiger partial charge in [0.2, 0.25) is 10.0 Å². The van der Waals surface area contributed by atoms with Gasteiger partial charge in [0, 0.05) is 27.1 Å². The Balaban J connectivity index is 1.70. The Bertz CT molecular complexity index is 868. The Labute approximate surface area is 147 Å². The molecule has 0 saturated heterocycles. The molecule has 0 fully saturated rings. The van der Waals surface area contributed by atoms with Crippen LogP contribution >= 0.6 is 0 Å². The number of amides is 1. The zero-order valence-corrected chi connectivity index (χ0v) is 14.9. The van der Waals surface area contributed by atoms with Gasteiger partial charge in [-0.1, -0.05) is 36.4 Å². The normalized spacial score (nSPS) is 16.4. The number of benzene rings is 2. The van der Waals surface area contributed by atoms with Crippen molar-refractivity contribution in [1.29, 1.82) is 0 Å². The Morgan fingerprint density at radius 2 is 1.84 bits per heavy atom. The first kappa shape index (κ1) is 17.4. The van der Waals surface area contributed by atoms with Crippen molar-refractivity contribution in [2.45, 2.75) is 24.0 Å². The maximum atomic E-state index is 12.4. The van der Waals surface area contributed by atoms with Gasteiger partial charge in [0.25, 0.3) is 5.91 Å². The van der Waals surface area contributed by atoms with Crippen molar-refractivity contribution in [1.82, 2.24) is 9.62 Å². The lowest BCUT2D eigenvalue weighted by molar-refractivity contribution is -0.127. The highest BCUT2D eigenvalue weighted by atomic mass is 32.2. The van der Waals surface area contributed by atoms with Crippen LogP contribution in [0.2, 0.25) is 0 Å². The molecule has 1 atom stereocenters. The van der Waals surface area contributed by atoms with Crippen LogP contribution in [0.3, 0.4) is 0 Å². The fourth-order valence-electron chi connectivity index (χ4n) is 2.72. The van der Waals surface area contributed by atoms with Crippen molar-refractivity contribution >= 4 is 15.9 Å². The molecule has 1 unspecified atom stereocenters. The minimum absolute atomic E-state index is 0.123. The summed E-state index contributed by atoms with van der Waals surface area (Å²) in [6, 6.07) is 14.2. The van der Waals surface area contributed by atoms with Crippen LogP contribution in [0.5, 0.6) is 5.75 Å². The van der Waals surface area contributed by atoms with Crippen LogP contribution in [-0.4, -0.2) is 38.8 Å². The van der Waals surface area contributed by atoms with Gasteiger partial charge in [-0.15, -0.1) is 0 Å². The summed E-state index contributed by atoms with van der Waals surface area (Å²) < 4.78 is 31.6. The fourth-order valence-corrected chi connectivity index (χ4v) is 3.84. The number of fused-ring (bicyclic) bond motifs is 1. The van der Waals surface area contributed by atoms with E-state index < -0.39 is 16.1 Å². The van der Waals surface area contributed by atoms with Gasteiger partial charge in [0.05, 0.1) is 4.90 Å². The summed E-state index contributed by atoms with van der Waals surface area (Å²) in [6.07, 6.45) is -0.0744. The molecule has 6 nitrogen and oxygen atoms in total. The molecule has 1 heterocycles. The van der Waals surface area contributed by atoms with Crippen LogP contribution in [0.4, 0.5) is 0 Å². The third-order valence-corrected chi connectivity index (χ3v) is 6.04. The Morgan fingerprint density at radius 3 is 2.56 bits per heavy atom. The van der Waals surface area contributed by atoms with E-state index in [4.69, 9.17) is 4.74 Å². The predicted octanol–water partition coefficient (Wildman–Crippen LogP) is 1.56. The van der Waals surface area contributed by atoms with Crippen molar-refractivity contribution in [3.63, 3.8) is 0 Å². The third kappa shape index (κ3) is 3.52. The fraction of sp³-hybridized carbons (Fsp3) is 0.278. The summed E-state index contributed by atoms with van der Waals surface area (Å²) in [5.41, 5.74) is 1.54. The van der Waals surface area contributed by atoms with E-state index in [2.05, 4.69) is 5.32 Å². The highest BCUT2D eigenvalue weighted by molar-refractivity contribution is 7.89. The molecule has 0 bridgehead atoms. The number of ether oxygens (including phenoxy) is 1. The van der Waals surface area contributed by atoms with E-state index in [1.54, 1.807) is 24.3 Å². The summed E-state index contributed by atoms with van der Waals surface area (Å²) >= 11 is 0. The molecule has 3 rings (SSSR count). The lowest BCUT2D eigenvalue weighted by atomic mass is 10.1. The number of carbonyl (C=O) groups excluding carboxylic acids is 1. The van der Waals surface area contributed by atoms with Crippen LogP contribution in [-0.2, 0) is 27.8 Å². The van der Waals surface area contributed by atoms with Gasteiger partial charge in [0.1, 0.15) is 5.75 Å². The maximum absolute atomic E-state index is 12.4. The van der Waals surface area contributed by atoms with E-state index in [-0.39, 0.29) is 17.3 Å². The van der Waals surface area contributed by atoms with E-state index in [0.717, 1.165) is 15.6 Å². The van der Waals surface area contributed by atoms with Crippen molar-refractivity contribution < 1.29 is 17.9 Å². The van der Waals surface area contributed by atoms with Crippen molar-refractivity contribution in [3.8, 4) is 5.75 Å². The number of nitrogens with zero attached hydrogens (tertiary/aromatic N) is 1. The number of sulfonamides is 1. The van der Waals surface area contributed by atoms with E-state index in [0.29, 0.717) is 12.0 Å². The molecule has 0 spiro atoms. The lowest BCUT2D eigenvalue weighted by Gasteiger charge is -2.16. The van der Waals surface area contributed by atoms with Crippen molar-refractivity contribution in [2.24, 2.45) is 0 Å². The zero-order valence-electron chi connectivity index (χ0n) is 14.1. The van der Waals surface area contributed by atoms with E-state index in [1.807, 2.05) is 24.3 Å². The van der Waals surface area contributed by atoms with Gasteiger partial charge in [-0.05, 0) is 23.3 Å². The molecule has 25 heavy (non-hydrogen) atoms. The van der Waals surface area contributed by atoms with E-state index >= 15 is 0 Å². The molecule has 0 aliphatic carbocycles. The quantitative estimate of drug-likeness (QED) is 0.878. The smallest absolute Gasteiger partial charge is 0.261 e. The first-order chi connectivity index (χ1) is 11.9. The molecule has 0 radical (unpaired) electrons. The molecule has 1 aliphatic rings. The molecule has 1 aliphatic heterocycles. The van der Waals surface area contributed by atoms with Crippen molar-refractivity contribution in [3.05, 3.63) is 59.7 Å². The minimum atomic E-state index is -3.57. The number of rotatable bonds is 5. The highest BCUT2D eigenvalue weighted by Gasteiger charge is 2.29. The average molecular weight is 360 g/mol. The maximum Gasteiger partial charge on any atom is 0.261 e. The molecule has 0 saturated carbocycles. The molecule has 1 amide bonds. The van der Waals surface area contributed by atoms with Gasteiger partial charge in [-0.3, -0.25) is 4.79 Å². The minimum Gasteiger partial charge on any atom is -0.480 e. The molecule has 132 valence electrons. The molecule has 2 aromatic rings. The van der Waals surface area contributed by atoms with Gasteiger partial charge in [-0.2, -0.15) is 0 Å². The van der Waals surface area contributed by atoms with Crippen molar-refractivity contribution in [2.75, 3.05) is 14.1 Å². The second-order valence-corrected chi connectivity index (χ2v) is 8.15. The zero-order chi connectivity index (χ0) is 18.0. The standard InChI is InChI=1S/C18H20N2O4S/c1-20(2)25(22,23)17-10-6-4-8-14(17)12-19-18(21)16-11-13-7-3-5-9-15(13)24-16/h3-10,16H,11-12H2,1-2H3,(H,19,21). The van der Waals surface area contributed by atoms with E-state index in [1.165, 1.54) is 14.1 Å². The van der Waals surface area contributed by atoms with Crippen LogP contribution in [0.25, 0.3) is 0 Å². The summed E-state index contributed by atoms with van der Waals surface area (Å²) in [4.78, 5) is 12.6. The summed E-state index contributed by atoms with van der Waals surface area (Å²) in [5.74, 6) is 0.464. The Morgan fingerprint density at radius 1 is 1.16 bits per heavy atom. The topological polar surface area (TPSA) is 75.7 Å². The molecular formula is C18H20N2O4S. The SMILES string of the molecule is CN(C)S(=O)(=O)c1ccccc1CNC(=O)C1Cc2ccccc2O1. The van der Waals surface area contributed by atoms with E-state index in [9.17, 15) is 13.2 Å². The van der Waals surface area contributed by atoms with Crippen LogP contribution in [0.15, 0.2) is 53.4 Å². The molecule has 1 N–H and O–H groups in total. The monoisotopic (exact) mass is 360 g/mol. The molecule has 2 aromatic carbocycles. The number of para-hydroxylation sites is 1. The van der Waals surface area contributed by atoms with Gasteiger partial charge in [-0.25, -0.2) is 12.7 Å². The molecule has 0 aromatic heterocycles. The number of hydrogen-bond acceptors (Lipinski definition) is 4. The second kappa shape index (κ2) is 6.85. The molecular weight excluding hydrogens is 340 g/mol. The van der Waals surface area contributed by atoms with Crippen LogP contribution in [0.1, 0.15) is 11.1 Å². The summed E-state index contributed by atoms with van der Waals surface area (Å²) in [7, 11) is -0.606. The third-order valence-electron chi connectivity index (χ3n) is 4.12. The van der Waals surface area contributed by atoms with Crippen LogP contribution < -0.4 is 10.1 Å².